The zero-order chi connectivity index (χ0) is 14.2. The van der Waals surface area contributed by atoms with E-state index >= 15 is 0 Å². The van der Waals surface area contributed by atoms with Crippen LogP contribution >= 0.6 is 11.6 Å². The fourth-order valence-electron chi connectivity index (χ4n) is 1.88. The van der Waals surface area contributed by atoms with Crippen LogP contribution in [-0.2, 0) is 6.18 Å². The summed E-state index contributed by atoms with van der Waals surface area (Å²) in [6.07, 6.45) is -4.49. The summed E-state index contributed by atoms with van der Waals surface area (Å²) in [4.78, 5) is 0. The molecule has 100 valence electrons. The molecule has 0 atom stereocenters. The number of hydrogen-bond donors (Lipinski definition) is 1. The predicted molar refractivity (Wildman–Crippen MR) is 68.3 cm³/mol. The summed E-state index contributed by atoms with van der Waals surface area (Å²) in [7, 11) is 0. The Labute approximate surface area is 113 Å². The summed E-state index contributed by atoms with van der Waals surface area (Å²) >= 11 is 5.81. The van der Waals surface area contributed by atoms with Gasteiger partial charge in [-0.1, -0.05) is 17.7 Å². The average molecular weight is 287 g/mol. The number of hydrogen-bond acceptors (Lipinski definition) is 1. The minimum atomic E-state index is -4.49. The summed E-state index contributed by atoms with van der Waals surface area (Å²) in [5.41, 5.74) is 0.773. The zero-order valence-corrected chi connectivity index (χ0v) is 10.7. The number of aromatic hydroxyl groups is 1. The number of phenolic OH excluding ortho intramolecular Hbond substituents is 1. The maximum Gasteiger partial charge on any atom is 0.416 e. The molecular weight excluding hydrogens is 277 g/mol. The highest BCUT2D eigenvalue weighted by Gasteiger charge is 2.31. The van der Waals surface area contributed by atoms with Crippen molar-refractivity contribution >= 4 is 11.6 Å². The van der Waals surface area contributed by atoms with Crippen molar-refractivity contribution in [3.63, 3.8) is 0 Å². The Morgan fingerprint density at radius 3 is 2.32 bits per heavy atom. The second-order valence-corrected chi connectivity index (χ2v) is 4.66. The molecule has 5 heteroatoms. The van der Waals surface area contributed by atoms with Crippen molar-refractivity contribution in [3.05, 3.63) is 52.5 Å². The average Bonchev–Trinajstić information content (AvgIpc) is 2.26. The van der Waals surface area contributed by atoms with Gasteiger partial charge in [-0.3, -0.25) is 0 Å². The SMILES string of the molecule is Cc1cc(Cl)ccc1-c1cc(O)cc(C(F)(F)F)c1. The molecule has 0 aliphatic heterocycles. The van der Waals surface area contributed by atoms with E-state index < -0.39 is 17.5 Å². The van der Waals surface area contributed by atoms with Gasteiger partial charge in [0.15, 0.2) is 0 Å². The molecule has 0 amide bonds. The molecule has 2 aromatic rings. The molecule has 0 spiro atoms. The van der Waals surface area contributed by atoms with Gasteiger partial charge in [0, 0.05) is 5.02 Å². The first-order valence-corrected chi connectivity index (χ1v) is 5.83. The van der Waals surface area contributed by atoms with Gasteiger partial charge in [0.2, 0.25) is 0 Å². The Hall–Kier alpha value is -1.68. The van der Waals surface area contributed by atoms with Crippen molar-refractivity contribution in [2.75, 3.05) is 0 Å². The van der Waals surface area contributed by atoms with Crippen molar-refractivity contribution in [1.29, 1.82) is 0 Å². The van der Waals surface area contributed by atoms with E-state index in [0.717, 1.165) is 11.6 Å². The lowest BCUT2D eigenvalue weighted by Crippen LogP contribution is -2.04. The number of phenols is 1. The number of benzene rings is 2. The van der Waals surface area contributed by atoms with E-state index in [9.17, 15) is 18.3 Å². The molecule has 0 aliphatic carbocycles. The molecule has 0 aromatic heterocycles. The van der Waals surface area contributed by atoms with E-state index in [1.54, 1.807) is 25.1 Å². The van der Waals surface area contributed by atoms with Gasteiger partial charge in [-0.2, -0.15) is 13.2 Å². The summed E-state index contributed by atoms with van der Waals surface area (Å²) in [6.45, 7) is 1.75. The minimum Gasteiger partial charge on any atom is -0.508 e. The van der Waals surface area contributed by atoms with Crippen LogP contribution in [0.25, 0.3) is 11.1 Å². The second-order valence-electron chi connectivity index (χ2n) is 4.23. The fourth-order valence-corrected chi connectivity index (χ4v) is 2.11. The predicted octanol–water partition coefficient (Wildman–Crippen LogP) is 5.04. The highest BCUT2D eigenvalue weighted by Crippen LogP contribution is 2.36. The zero-order valence-electron chi connectivity index (χ0n) is 9.92. The van der Waals surface area contributed by atoms with Crippen LogP contribution in [0.2, 0.25) is 5.02 Å². The molecule has 0 unspecified atom stereocenters. The normalized spacial score (nSPS) is 11.6. The molecule has 1 N–H and O–H groups in total. The molecule has 0 heterocycles. The molecular formula is C14H10ClF3O. The number of aryl methyl sites for hydroxylation is 1. The summed E-state index contributed by atoms with van der Waals surface area (Å²) in [6, 6.07) is 7.90. The Morgan fingerprint density at radius 2 is 1.74 bits per heavy atom. The van der Waals surface area contributed by atoms with Gasteiger partial charge in [-0.25, -0.2) is 0 Å². The number of halogens is 4. The van der Waals surface area contributed by atoms with Crippen LogP contribution in [0.1, 0.15) is 11.1 Å². The van der Waals surface area contributed by atoms with Crippen molar-refractivity contribution < 1.29 is 18.3 Å². The van der Waals surface area contributed by atoms with E-state index in [2.05, 4.69) is 0 Å². The maximum absolute atomic E-state index is 12.7. The lowest BCUT2D eigenvalue weighted by atomic mass is 9.98. The van der Waals surface area contributed by atoms with Crippen LogP contribution in [0.3, 0.4) is 0 Å². The largest absolute Gasteiger partial charge is 0.508 e. The van der Waals surface area contributed by atoms with Crippen molar-refractivity contribution in [1.82, 2.24) is 0 Å². The summed E-state index contributed by atoms with van der Waals surface area (Å²) in [5.74, 6) is -0.417. The highest BCUT2D eigenvalue weighted by atomic mass is 35.5. The molecule has 0 fully saturated rings. The van der Waals surface area contributed by atoms with Crippen LogP contribution in [0.5, 0.6) is 5.75 Å². The third-order valence-corrected chi connectivity index (χ3v) is 2.98. The first-order valence-electron chi connectivity index (χ1n) is 5.45. The second kappa shape index (κ2) is 4.78. The summed E-state index contributed by atoms with van der Waals surface area (Å²) in [5, 5.41) is 9.95. The molecule has 19 heavy (non-hydrogen) atoms. The van der Waals surface area contributed by atoms with Crippen LogP contribution in [0.15, 0.2) is 36.4 Å². The van der Waals surface area contributed by atoms with Gasteiger partial charge in [-0.05, 0) is 53.9 Å². The lowest BCUT2D eigenvalue weighted by Gasteiger charge is -2.12. The van der Waals surface area contributed by atoms with Gasteiger partial charge >= 0.3 is 6.18 Å². The molecule has 0 saturated carbocycles. The topological polar surface area (TPSA) is 20.2 Å². The Morgan fingerprint density at radius 1 is 1.05 bits per heavy atom. The monoisotopic (exact) mass is 286 g/mol. The molecule has 1 nitrogen and oxygen atoms in total. The van der Waals surface area contributed by atoms with Crippen LogP contribution in [0.4, 0.5) is 13.2 Å². The molecule has 0 bridgehead atoms. The van der Waals surface area contributed by atoms with Crippen LogP contribution in [0, 0.1) is 6.92 Å². The van der Waals surface area contributed by atoms with E-state index in [0.29, 0.717) is 22.2 Å². The van der Waals surface area contributed by atoms with E-state index in [1.165, 1.54) is 6.07 Å². The highest BCUT2D eigenvalue weighted by molar-refractivity contribution is 6.30. The van der Waals surface area contributed by atoms with Crippen molar-refractivity contribution in [2.45, 2.75) is 13.1 Å². The van der Waals surface area contributed by atoms with Crippen LogP contribution in [-0.4, -0.2) is 5.11 Å². The van der Waals surface area contributed by atoms with Gasteiger partial charge in [0.25, 0.3) is 0 Å². The minimum absolute atomic E-state index is 0.307. The van der Waals surface area contributed by atoms with Gasteiger partial charge in [0.05, 0.1) is 5.56 Å². The Kier molecular flexibility index (Phi) is 3.45. The summed E-state index contributed by atoms with van der Waals surface area (Å²) < 4.78 is 38.1. The molecule has 0 saturated heterocycles. The number of alkyl halides is 3. The maximum atomic E-state index is 12.7. The smallest absolute Gasteiger partial charge is 0.416 e. The van der Waals surface area contributed by atoms with Crippen LogP contribution < -0.4 is 0 Å². The molecule has 2 aromatic carbocycles. The van der Waals surface area contributed by atoms with Crippen molar-refractivity contribution in [2.24, 2.45) is 0 Å². The third-order valence-electron chi connectivity index (χ3n) is 2.74. The Bertz CT molecular complexity index is 621. The quantitative estimate of drug-likeness (QED) is 0.778. The first-order chi connectivity index (χ1) is 8.77. The van der Waals surface area contributed by atoms with Gasteiger partial charge in [-0.15, -0.1) is 0 Å². The van der Waals surface area contributed by atoms with Crippen molar-refractivity contribution in [3.8, 4) is 16.9 Å². The molecule has 0 radical (unpaired) electrons. The molecule has 2 rings (SSSR count). The van der Waals surface area contributed by atoms with Gasteiger partial charge in [0.1, 0.15) is 5.75 Å². The van der Waals surface area contributed by atoms with Gasteiger partial charge < -0.3 is 5.11 Å². The fraction of sp³-hybridized carbons (Fsp3) is 0.143. The van der Waals surface area contributed by atoms with E-state index in [-0.39, 0.29) is 0 Å². The molecule has 0 aliphatic rings. The standard InChI is InChI=1S/C14H10ClF3O/c1-8-4-11(15)2-3-13(8)9-5-10(14(16,17)18)7-12(19)6-9/h2-7,19H,1H3. The Balaban J connectivity index is 2.59. The lowest BCUT2D eigenvalue weighted by molar-refractivity contribution is -0.137. The third kappa shape index (κ3) is 3.01. The number of rotatable bonds is 1. The van der Waals surface area contributed by atoms with E-state index in [4.69, 9.17) is 11.6 Å². The van der Waals surface area contributed by atoms with E-state index in [1.807, 2.05) is 0 Å². The first kappa shape index (κ1) is 13.7.